The smallest absolute Gasteiger partial charge is 0.266 e. The molecule has 19 heavy (non-hydrogen) atoms. The van der Waals surface area contributed by atoms with Gasteiger partial charge in [0.05, 0.1) is 5.02 Å². The SMILES string of the molecule is Cc1ccc(Cl)c(OC(C)C(=O)Nc2nncs2)c1. The molecular formula is C12H12ClN3O2S. The van der Waals surface area contributed by atoms with E-state index in [1.807, 2.05) is 13.0 Å². The normalized spacial score (nSPS) is 11.9. The predicted octanol–water partition coefficient (Wildman–Crippen LogP) is 2.91. The molecule has 2 aromatic rings. The Bertz CT molecular complexity index is 574. The Labute approximate surface area is 119 Å². The van der Waals surface area contributed by atoms with Crippen LogP contribution in [0.1, 0.15) is 12.5 Å². The molecule has 100 valence electrons. The third-order valence-corrected chi connectivity index (χ3v) is 3.27. The Kier molecular flexibility index (Phi) is 4.34. The highest BCUT2D eigenvalue weighted by molar-refractivity contribution is 7.13. The number of carbonyl (C=O) groups is 1. The zero-order valence-electron chi connectivity index (χ0n) is 10.4. The minimum atomic E-state index is -0.678. The van der Waals surface area contributed by atoms with Crippen LogP contribution in [0.15, 0.2) is 23.7 Å². The monoisotopic (exact) mass is 297 g/mol. The zero-order valence-corrected chi connectivity index (χ0v) is 12.0. The lowest BCUT2D eigenvalue weighted by Gasteiger charge is -2.15. The molecule has 1 heterocycles. The van der Waals surface area contributed by atoms with Gasteiger partial charge in [0.1, 0.15) is 11.3 Å². The summed E-state index contributed by atoms with van der Waals surface area (Å²) in [5.74, 6) is 0.191. The minimum Gasteiger partial charge on any atom is -0.479 e. The number of anilines is 1. The van der Waals surface area contributed by atoms with Gasteiger partial charge in [0.15, 0.2) is 6.10 Å². The summed E-state index contributed by atoms with van der Waals surface area (Å²) in [6, 6.07) is 5.40. The quantitative estimate of drug-likeness (QED) is 0.942. The number of benzene rings is 1. The summed E-state index contributed by atoms with van der Waals surface area (Å²) in [4.78, 5) is 11.9. The molecule has 1 amide bonds. The Morgan fingerprint density at radius 1 is 1.53 bits per heavy atom. The topological polar surface area (TPSA) is 64.1 Å². The van der Waals surface area contributed by atoms with Gasteiger partial charge in [-0.25, -0.2) is 0 Å². The Morgan fingerprint density at radius 2 is 2.32 bits per heavy atom. The molecule has 7 heteroatoms. The van der Waals surface area contributed by atoms with Gasteiger partial charge in [-0.15, -0.1) is 10.2 Å². The Morgan fingerprint density at radius 3 is 3.00 bits per heavy atom. The molecule has 0 spiro atoms. The molecule has 0 aliphatic carbocycles. The van der Waals surface area contributed by atoms with Gasteiger partial charge in [-0.2, -0.15) is 0 Å². The van der Waals surface area contributed by atoms with Crippen LogP contribution in [0.3, 0.4) is 0 Å². The fraction of sp³-hybridized carbons (Fsp3) is 0.250. The van der Waals surface area contributed by atoms with Crippen molar-refractivity contribution in [1.82, 2.24) is 10.2 Å². The highest BCUT2D eigenvalue weighted by Crippen LogP contribution is 2.26. The van der Waals surface area contributed by atoms with Gasteiger partial charge < -0.3 is 4.74 Å². The number of nitrogens with zero attached hydrogens (tertiary/aromatic N) is 2. The molecule has 0 saturated carbocycles. The number of hydrogen-bond acceptors (Lipinski definition) is 5. The van der Waals surface area contributed by atoms with Crippen molar-refractivity contribution in [1.29, 1.82) is 0 Å². The van der Waals surface area contributed by atoms with E-state index in [9.17, 15) is 4.79 Å². The highest BCUT2D eigenvalue weighted by Gasteiger charge is 2.17. The molecule has 0 bridgehead atoms. The summed E-state index contributed by atoms with van der Waals surface area (Å²) in [7, 11) is 0. The van der Waals surface area contributed by atoms with E-state index in [4.69, 9.17) is 16.3 Å². The fourth-order valence-corrected chi connectivity index (χ4v) is 1.99. The Hall–Kier alpha value is -1.66. The summed E-state index contributed by atoms with van der Waals surface area (Å²) >= 11 is 7.26. The van der Waals surface area contributed by atoms with E-state index in [0.29, 0.717) is 15.9 Å². The highest BCUT2D eigenvalue weighted by atomic mass is 35.5. The molecule has 2 rings (SSSR count). The summed E-state index contributed by atoms with van der Waals surface area (Å²) in [6.45, 7) is 3.57. The first kappa shape index (κ1) is 13.8. The van der Waals surface area contributed by atoms with Crippen LogP contribution in [-0.4, -0.2) is 22.2 Å². The van der Waals surface area contributed by atoms with Crippen molar-refractivity contribution in [2.24, 2.45) is 0 Å². The third-order valence-electron chi connectivity index (χ3n) is 2.35. The van der Waals surface area contributed by atoms with E-state index >= 15 is 0 Å². The molecule has 1 N–H and O–H groups in total. The maximum Gasteiger partial charge on any atom is 0.266 e. The van der Waals surface area contributed by atoms with Crippen molar-refractivity contribution < 1.29 is 9.53 Å². The van der Waals surface area contributed by atoms with Crippen molar-refractivity contribution in [2.75, 3.05) is 5.32 Å². The second kappa shape index (κ2) is 5.99. The molecule has 0 fully saturated rings. The van der Waals surface area contributed by atoms with Crippen molar-refractivity contribution in [3.8, 4) is 5.75 Å². The van der Waals surface area contributed by atoms with Crippen LogP contribution in [0.5, 0.6) is 5.75 Å². The first-order valence-electron chi connectivity index (χ1n) is 5.56. The number of carbonyl (C=O) groups excluding carboxylic acids is 1. The molecule has 0 aliphatic heterocycles. The Balaban J connectivity index is 2.02. The standard InChI is InChI=1S/C12H12ClN3O2S/c1-7-3-4-9(13)10(5-7)18-8(2)11(17)15-12-16-14-6-19-12/h3-6,8H,1-2H3,(H,15,16,17). The lowest BCUT2D eigenvalue weighted by Crippen LogP contribution is -2.30. The van der Waals surface area contributed by atoms with Gasteiger partial charge in [0, 0.05) is 0 Å². The van der Waals surface area contributed by atoms with Crippen molar-refractivity contribution in [3.05, 3.63) is 34.3 Å². The average Bonchev–Trinajstić information content (AvgIpc) is 2.86. The van der Waals surface area contributed by atoms with Gasteiger partial charge in [-0.3, -0.25) is 10.1 Å². The molecule has 1 atom stereocenters. The molecule has 1 aromatic heterocycles. The van der Waals surface area contributed by atoms with Crippen molar-refractivity contribution in [3.63, 3.8) is 0 Å². The van der Waals surface area contributed by atoms with Crippen LogP contribution in [0.25, 0.3) is 0 Å². The number of amides is 1. The second-order valence-electron chi connectivity index (χ2n) is 3.93. The number of hydrogen-bond donors (Lipinski definition) is 1. The van der Waals surface area contributed by atoms with Crippen LogP contribution < -0.4 is 10.1 Å². The second-order valence-corrected chi connectivity index (χ2v) is 5.17. The van der Waals surface area contributed by atoms with Gasteiger partial charge in [-0.1, -0.05) is 29.0 Å². The summed E-state index contributed by atoms with van der Waals surface area (Å²) in [5.41, 5.74) is 2.55. The molecule has 0 aliphatic rings. The molecule has 1 unspecified atom stereocenters. The zero-order chi connectivity index (χ0) is 13.8. The molecule has 5 nitrogen and oxygen atoms in total. The summed E-state index contributed by atoms with van der Waals surface area (Å²) in [5, 5.41) is 10.9. The number of aryl methyl sites for hydroxylation is 1. The third kappa shape index (κ3) is 3.65. The maximum atomic E-state index is 11.9. The largest absolute Gasteiger partial charge is 0.479 e. The maximum absolute atomic E-state index is 11.9. The molecular weight excluding hydrogens is 286 g/mol. The first-order chi connectivity index (χ1) is 9.06. The van der Waals surface area contributed by atoms with Crippen LogP contribution in [-0.2, 0) is 4.79 Å². The molecule has 0 radical (unpaired) electrons. The first-order valence-corrected chi connectivity index (χ1v) is 6.82. The van der Waals surface area contributed by atoms with E-state index < -0.39 is 6.10 Å². The van der Waals surface area contributed by atoms with E-state index in [-0.39, 0.29) is 5.91 Å². The number of rotatable bonds is 4. The van der Waals surface area contributed by atoms with Crippen LogP contribution in [0.2, 0.25) is 5.02 Å². The number of aromatic nitrogens is 2. The fourth-order valence-electron chi connectivity index (χ4n) is 1.38. The summed E-state index contributed by atoms with van der Waals surface area (Å²) < 4.78 is 5.55. The van der Waals surface area contributed by atoms with Crippen molar-refractivity contribution in [2.45, 2.75) is 20.0 Å². The van der Waals surface area contributed by atoms with E-state index in [1.165, 1.54) is 11.3 Å². The molecule has 1 aromatic carbocycles. The minimum absolute atomic E-state index is 0.297. The van der Waals surface area contributed by atoms with Crippen LogP contribution >= 0.6 is 22.9 Å². The van der Waals surface area contributed by atoms with Gasteiger partial charge in [0.2, 0.25) is 5.13 Å². The lowest BCUT2D eigenvalue weighted by atomic mass is 10.2. The van der Waals surface area contributed by atoms with E-state index in [1.54, 1.807) is 24.6 Å². The predicted molar refractivity (Wildman–Crippen MR) is 74.8 cm³/mol. The van der Waals surface area contributed by atoms with Gasteiger partial charge in [-0.05, 0) is 31.5 Å². The van der Waals surface area contributed by atoms with Crippen LogP contribution in [0, 0.1) is 6.92 Å². The summed E-state index contributed by atoms with van der Waals surface area (Å²) in [6.07, 6.45) is -0.678. The van der Waals surface area contributed by atoms with E-state index in [2.05, 4.69) is 15.5 Å². The van der Waals surface area contributed by atoms with Gasteiger partial charge in [0.25, 0.3) is 5.91 Å². The molecule has 0 saturated heterocycles. The number of halogens is 1. The van der Waals surface area contributed by atoms with Crippen LogP contribution in [0.4, 0.5) is 5.13 Å². The van der Waals surface area contributed by atoms with Crippen molar-refractivity contribution >= 4 is 34.0 Å². The lowest BCUT2D eigenvalue weighted by molar-refractivity contribution is -0.122. The number of nitrogens with one attached hydrogen (secondary N) is 1. The number of ether oxygens (including phenoxy) is 1. The average molecular weight is 298 g/mol. The van der Waals surface area contributed by atoms with Gasteiger partial charge >= 0.3 is 0 Å². The van der Waals surface area contributed by atoms with E-state index in [0.717, 1.165) is 5.56 Å².